The maximum atomic E-state index is 12.4. The summed E-state index contributed by atoms with van der Waals surface area (Å²) in [4.78, 5) is 27.8. The van der Waals surface area contributed by atoms with Crippen molar-refractivity contribution in [2.75, 3.05) is 26.2 Å². The number of halogens is 1. The average molecular weight is 364 g/mol. The van der Waals surface area contributed by atoms with E-state index in [0.717, 1.165) is 21.4 Å². The number of benzene rings is 1. The van der Waals surface area contributed by atoms with Gasteiger partial charge in [-0.2, -0.15) is 0 Å². The Morgan fingerprint density at radius 2 is 1.83 bits per heavy atom. The highest BCUT2D eigenvalue weighted by Gasteiger charge is 2.19. The number of primary amides is 1. The lowest BCUT2D eigenvalue weighted by molar-refractivity contribution is -0.125. The van der Waals surface area contributed by atoms with Gasteiger partial charge in [0.05, 0.1) is 5.02 Å². The van der Waals surface area contributed by atoms with E-state index >= 15 is 0 Å². The van der Waals surface area contributed by atoms with Crippen LogP contribution >= 0.6 is 22.9 Å². The fourth-order valence-corrected chi connectivity index (χ4v) is 4.15. The third kappa shape index (κ3) is 3.55. The summed E-state index contributed by atoms with van der Waals surface area (Å²) < 4.78 is 1.10. The Morgan fingerprint density at radius 3 is 2.58 bits per heavy atom. The Labute approximate surface area is 149 Å². The van der Waals surface area contributed by atoms with Crippen molar-refractivity contribution in [3.05, 3.63) is 40.2 Å². The van der Waals surface area contributed by atoms with Gasteiger partial charge in [0.2, 0.25) is 5.91 Å². The Morgan fingerprint density at radius 1 is 1.12 bits per heavy atom. The van der Waals surface area contributed by atoms with Crippen LogP contribution in [-0.2, 0) is 4.79 Å². The van der Waals surface area contributed by atoms with Crippen LogP contribution in [0.1, 0.15) is 11.3 Å². The summed E-state index contributed by atoms with van der Waals surface area (Å²) in [6, 6.07) is 7.47. The van der Waals surface area contributed by atoms with Crippen LogP contribution in [0.4, 0.5) is 4.79 Å². The smallest absolute Gasteiger partial charge is 0.314 e. The van der Waals surface area contributed by atoms with Crippen molar-refractivity contribution < 1.29 is 9.59 Å². The minimum Gasteiger partial charge on any atom is -0.351 e. The third-order valence-corrected chi connectivity index (χ3v) is 5.71. The number of carbonyl (C=O) groups is 2. The molecule has 0 unspecified atom stereocenters. The van der Waals surface area contributed by atoms with Gasteiger partial charge in [-0.15, -0.1) is 11.3 Å². The molecular weight excluding hydrogens is 346 g/mol. The Bertz CT molecular complexity index is 802. The van der Waals surface area contributed by atoms with Gasteiger partial charge in [-0.05, 0) is 18.6 Å². The summed E-state index contributed by atoms with van der Waals surface area (Å²) in [6.45, 7) is 2.17. The van der Waals surface area contributed by atoms with Crippen molar-refractivity contribution in [2.45, 2.75) is 6.42 Å². The van der Waals surface area contributed by atoms with Crippen LogP contribution in [0, 0.1) is 0 Å². The molecule has 7 heteroatoms. The second kappa shape index (κ2) is 7.23. The highest BCUT2D eigenvalue weighted by molar-refractivity contribution is 7.20. The summed E-state index contributed by atoms with van der Waals surface area (Å²) in [5.74, 6) is -0.0742. The lowest BCUT2D eigenvalue weighted by Gasteiger charge is -2.19. The van der Waals surface area contributed by atoms with Crippen molar-refractivity contribution in [1.82, 2.24) is 9.80 Å². The third-order valence-electron chi connectivity index (χ3n) is 4.06. The normalized spacial score (nSPS) is 15.9. The molecule has 0 atom stereocenters. The number of carbonyl (C=O) groups excluding carboxylic acids is 2. The van der Waals surface area contributed by atoms with Gasteiger partial charge >= 0.3 is 6.03 Å². The van der Waals surface area contributed by atoms with E-state index in [1.165, 1.54) is 0 Å². The van der Waals surface area contributed by atoms with Gasteiger partial charge in [0.1, 0.15) is 0 Å². The molecule has 2 aromatic rings. The average Bonchev–Trinajstić information content (AvgIpc) is 2.76. The molecule has 0 bridgehead atoms. The molecule has 1 aliphatic rings. The Balaban J connectivity index is 1.70. The maximum absolute atomic E-state index is 12.4. The molecule has 0 radical (unpaired) electrons. The van der Waals surface area contributed by atoms with Crippen molar-refractivity contribution in [1.29, 1.82) is 0 Å². The minimum absolute atomic E-state index is 0.0742. The molecule has 2 heterocycles. The molecule has 2 N–H and O–H groups in total. The summed E-state index contributed by atoms with van der Waals surface area (Å²) in [6.07, 6.45) is 4.05. The Kier molecular flexibility index (Phi) is 5.06. The SMILES string of the molecule is NC(=O)N1CCCN(C(=O)/C=C/c2sc3ccccc3c2Cl)CC1. The van der Waals surface area contributed by atoms with E-state index in [4.69, 9.17) is 17.3 Å². The molecule has 3 amide bonds. The predicted molar refractivity (Wildman–Crippen MR) is 98.2 cm³/mol. The number of urea groups is 1. The fourth-order valence-electron chi connectivity index (χ4n) is 2.75. The number of fused-ring (bicyclic) bond motifs is 1. The van der Waals surface area contributed by atoms with E-state index in [2.05, 4.69) is 0 Å². The largest absolute Gasteiger partial charge is 0.351 e. The first-order valence-corrected chi connectivity index (χ1v) is 8.94. The first-order chi connectivity index (χ1) is 11.6. The van der Waals surface area contributed by atoms with Gasteiger partial charge in [-0.1, -0.05) is 29.8 Å². The first kappa shape index (κ1) is 16.8. The molecule has 5 nitrogen and oxygen atoms in total. The van der Waals surface area contributed by atoms with Crippen LogP contribution in [-0.4, -0.2) is 47.9 Å². The Hall–Kier alpha value is -2.05. The zero-order valence-electron chi connectivity index (χ0n) is 13.1. The molecule has 0 aliphatic carbocycles. The molecule has 24 heavy (non-hydrogen) atoms. The maximum Gasteiger partial charge on any atom is 0.314 e. The van der Waals surface area contributed by atoms with Gasteiger partial charge in [-0.3, -0.25) is 4.79 Å². The van der Waals surface area contributed by atoms with E-state index in [9.17, 15) is 9.59 Å². The second-order valence-corrected chi connectivity index (χ2v) is 7.08. The molecule has 126 valence electrons. The number of hydrogen-bond acceptors (Lipinski definition) is 3. The van der Waals surface area contributed by atoms with E-state index in [-0.39, 0.29) is 5.91 Å². The minimum atomic E-state index is -0.433. The second-order valence-electron chi connectivity index (χ2n) is 5.61. The highest BCUT2D eigenvalue weighted by Crippen LogP contribution is 2.35. The van der Waals surface area contributed by atoms with Crippen molar-refractivity contribution >= 4 is 51.0 Å². The van der Waals surface area contributed by atoms with Crippen LogP contribution in [0.15, 0.2) is 30.3 Å². The summed E-state index contributed by atoms with van der Waals surface area (Å²) >= 11 is 7.94. The highest BCUT2D eigenvalue weighted by atomic mass is 35.5. The van der Waals surface area contributed by atoms with Crippen molar-refractivity contribution in [2.24, 2.45) is 5.73 Å². The van der Waals surface area contributed by atoms with Crippen LogP contribution in [0.25, 0.3) is 16.2 Å². The molecular formula is C17H18ClN3O2S. The summed E-state index contributed by atoms with van der Waals surface area (Å²) in [5, 5.41) is 1.68. The number of nitrogens with zero attached hydrogens (tertiary/aromatic N) is 2. The van der Waals surface area contributed by atoms with Gasteiger partial charge in [0, 0.05) is 47.2 Å². The standard InChI is InChI=1S/C17H18ClN3O2S/c18-16-12-4-1-2-5-13(12)24-14(16)6-7-15(22)20-8-3-9-21(11-10-20)17(19)23/h1-2,4-7H,3,8-11H2,(H2,19,23)/b7-6+. The lowest BCUT2D eigenvalue weighted by atomic mass is 10.2. The number of hydrogen-bond donors (Lipinski definition) is 1. The molecule has 1 aliphatic heterocycles. The summed E-state index contributed by atoms with van der Waals surface area (Å²) in [5.41, 5.74) is 5.30. The zero-order chi connectivity index (χ0) is 17.1. The zero-order valence-corrected chi connectivity index (χ0v) is 14.6. The van der Waals surface area contributed by atoms with E-state index in [1.807, 2.05) is 24.3 Å². The van der Waals surface area contributed by atoms with E-state index < -0.39 is 6.03 Å². The van der Waals surface area contributed by atoms with Gasteiger partial charge in [0.25, 0.3) is 0 Å². The molecule has 1 aromatic carbocycles. The van der Waals surface area contributed by atoms with Crippen LogP contribution < -0.4 is 5.73 Å². The molecule has 0 saturated carbocycles. The predicted octanol–water partition coefficient (Wildman–Crippen LogP) is 3.18. The monoisotopic (exact) mass is 363 g/mol. The van der Waals surface area contributed by atoms with Crippen molar-refractivity contribution in [3.8, 4) is 0 Å². The van der Waals surface area contributed by atoms with Crippen LogP contribution in [0.3, 0.4) is 0 Å². The molecule has 1 saturated heterocycles. The molecule has 3 rings (SSSR count). The number of rotatable bonds is 2. The van der Waals surface area contributed by atoms with Crippen molar-refractivity contribution in [3.63, 3.8) is 0 Å². The first-order valence-electron chi connectivity index (χ1n) is 7.74. The van der Waals surface area contributed by atoms with Gasteiger partial charge < -0.3 is 15.5 Å². The molecule has 1 fully saturated rings. The topological polar surface area (TPSA) is 66.6 Å². The van der Waals surface area contributed by atoms with Crippen LogP contribution in [0.5, 0.6) is 0 Å². The fraction of sp³-hybridized carbons (Fsp3) is 0.294. The molecule has 0 spiro atoms. The van der Waals surface area contributed by atoms with E-state index in [0.29, 0.717) is 31.2 Å². The summed E-state index contributed by atoms with van der Waals surface area (Å²) in [7, 11) is 0. The molecule has 1 aromatic heterocycles. The van der Waals surface area contributed by atoms with Gasteiger partial charge in [-0.25, -0.2) is 4.79 Å². The van der Waals surface area contributed by atoms with Gasteiger partial charge in [0.15, 0.2) is 0 Å². The van der Waals surface area contributed by atoms with Crippen LogP contribution in [0.2, 0.25) is 5.02 Å². The number of nitrogens with two attached hydrogens (primary N) is 1. The number of amides is 3. The quantitative estimate of drug-likeness (QED) is 0.833. The number of thiophene rings is 1. The lowest BCUT2D eigenvalue weighted by Crippen LogP contribution is -2.39. The van der Waals surface area contributed by atoms with E-state index in [1.54, 1.807) is 33.3 Å².